The zero-order valence-electron chi connectivity index (χ0n) is 11.5. The van der Waals surface area contributed by atoms with Gasteiger partial charge in [0.15, 0.2) is 0 Å². The molecule has 1 aromatic heterocycles. The number of benzene rings is 1. The predicted molar refractivity (Wildman–Crippen MR) is 79.3 cm³/mol. The van der Waals surface area contributed by atoms with Gasteiger partial charge in [-0.3, -0.25) is 15.1 Å². The van der Waals surface area contributed by atoms with Crippen LogP contribution in [-0.4, -0.2) is 23.6 Å². The van der Waals surface area contributed by atoms with E-state index >= 15 is 0 Å². The number of hydrogen-bond donors (Lipinski definition) is 2. The van der Waals surface area contributed by atoms with Gasteiger partial charge < -0.3 is 10.1 Å². The van der Waals surface area contributed by atoms with Crippen molar-refractivity contribution >= 4 is 23.4 Å². The Bertz CT molecular complexity index is 612. The number of carbonyl (C=O) groups is 2. The molecule has 1 heterocycles. The molecule has 0 aliphatic rings. The van der Waals surface area contributed by atoms with Crippen LogP contribution < -0.4 is 10.6 Å². The summed E-state index contributed by atoms with van der Waals surface area (Å²) in [5.74, 6) is -0.290. The minimum Gasteiger partial charge on any atom is -0.450 e. The van der Waals surface area contributed by atoms with Gasteiger partial charge in [-0.25, -0.2) is 4.79 Å². The lowest BCUT2D eigenvalue weighted by atomic mass is 10.2. The minimum absolute atomic E-state index is 0.290. The number of pyridine rings is 1. The Hall–Kier alpha value is -2.89. The molecule has 2 aromatic rings. The third-order valence-corrected chi connectivity index (χ3v) is 2.56. The van der Waals surface area contributed by atoms with Crippen LogP contribution in [0.4, 0.5) is 16.2 Å². The molecule has 0 atom stereocenters. The Morgan fingerprint density at radius 3 is 2.29 bits per heavy atom. The maximum Gasteiger partial charge on any atom is 0.411 e. The lowest BCUT2D eigenvalue weighted by Crippen LogP contribution is -2.14. The van der Waals surface area contributed by atoms with E-state index in [1.54, 1.807) is 55.6 Å². The Balaban J connectivity index is 1.96. The molecule has 0 fully saturated rings. The van der Waals surface area contributed by atoms with Gasteiger partial charge in [0.05, 0.1) is 6.61 Å². The monoisotopic (exact) mass is 285 g/mol. The highest BCUT2D eigenvalue weighted by atomic mass is 16.5. The molecule has 0 saturated carbocycles. The normalized spacial score (nSPS) is 9.76. The number of nitrogens with zero attached hydrogens (tertiary/aromatic N) is 1. The maximum absolute atomic E-state index is 11.9. The van der Waals surface area contributed by atoms with Gasteiger partial charge in [-0.05, 0) is 43.3 Å². The van der Waals surface area contributed by atoms with Crippen LogP contribution in [0.2, 0.25) is 0 Å². The summed E-state index contributed by atoms with van der Waals surface area (Å²) in [6, 6.07) is 11.8. The molecule has 2 rings (SSSR count). The quantitative estimate of drug-likeness (QED) is 0.905. The van der Waals surface area contributed by atoms with E-state index in [9.17, 15) is 9.59 Å². The molecule has 21 heavy (non-hydrogen) atoms. The molecule has 2 amide bonds. The average molecular weight is 285 g/mol. The van der Waals surface area contributed by atoms with Gasteiger partial charge in [-0.2, -0.15) is 0 Å². The van der Waals surface area contributed by atoms with Crippen molar-refractivity contribution in [1.82, 2.24) is 4.98 Å². The second-order valence-corrected chi connectivity index (χ2v) is 4.09. The fraction of sp³-hybridized carbons (Fsp3) is 0.133. The van der Waals surface area contributed by atoms with Gasteiger partial charge in [0.25, 0.3) is 5.91 Å². The first-order valence-electron chi connectivity index (χ1n) is 6.45. The summed E-state index contributed by atoms with van der Waals surface area (Å²) in [6.07, 6.45) is 1.05. The van der Waals surface area contributed by atoms with E-state index in [0.717, 1.165) is 0 Å². The van der Waals surface area contributed by atoms with E-state index in [-0.39, 0.29) is 5.91 Å². The van der Waals surface area contributed by atoms with Crippen LogP contribution in [0.5, 0.6) is 0 Å². The highest BCUT2D eigenvalue weighted by molar-refractivity contribution is 6.02. The fourth-order valence-corrected chi connectivity index (χ4v) is 1.61. The van der Waals surface area contributed by atoms with Gasteiger partial charge in [-0.1, -0.05) is 6.07 Å². The summed E-state index contributed by atoms with van der Waals surface area (Å²) in [5.41, 5.74) is 1.54. The first kappa shape index (κ1) is 14.5. The highest BCUT2D eigenvalue weighted by Gasteiger charge is 2.07. The minimum atomic E-state index is -0.511. The van der Waals surface area contributed by atoms with E-state index in [2.05, 4.69) is 15.6 Å². The molecular weight excluding hydrogens is 270 g/mol. The predicted octanol–water partition coefficient (Wildman–Crippen LogP) is 2.90. The number of anilines is 2. The van der Waals surface area contributed by atoms with Gasteiger partial charge >= 0.3 is 6.09 Å². The van der Waals surface area contributed by atoms with Crippen molar-refractivity contribution in [1.29, 1.82) is 0 Å². The molecule has 0 aliphatic carbocycles. The van der Waals surface area contributed by atoms with Crippen molar-refractivity contribution in [2.75, 3.05) is 17.2 Å². The Labute approximate surface area is 122 Å². The summed E-state index contributed by atoms with van der Waals surface area (Å²) >= 11 is 0. The number of aromatic nitrogens is 1. The molecule has 108 valence electrons. The lowest BCUT2D eigenvalue weighted by molar-refractivity contribution is 0.102. The number of amides is 2. The zero-order chi connectivity index (χ0) is 15.1. The van der Waals surface area contributed by atoms with Gasteiger partial charge in [0.2, 0.25) is 0 Å². The van der Waals surface area contributed by atoms with E-state index in [1.165, 1.54) is 0 Å². The zero-order valence-corrected chi connectivity index (χ0v) is 11.5. The lowest BCUT2D eigenvalue weighted by Gasteiger charge is -2.07. The highest BCUT2D eigenvalue weighted by Crippen LogP contribution is 2.14. The summed E-state index contributed by atoms with van der Waals surface area (Å²) in [4.78, 5) is 27.1. The third kappa shape index (κ3) is 4.31. The number of carbonyl (C=O) groups excluding carboxylic acids is 2. The third-order valence-electron chi connectivity index (χ3n) is 2.56. The topological polar surface area (TPSA) is 80.3 Å². The van der Waals surface area contributed by atoms with Crippen LogP contribution in [0.25, 0.3) is 0 Å². The van der Waals surface area contributed by atoms with E-state index < -0.39 is 6.09 Å². The van der Waals surface area contributed by atoms with Crippen LogP contribution in [0.3, 0.4) is 0 Å². The molecule has 0 aliphatic heterocycles. The van der Waals surface area contributed by atoms with Gasteiger partial charge in [0, 0.05) is 17.6 Å². The molecule has 0 radical (unpaired) electrons. The van der Waals surface area contributed by atoms with E-state index in [4.69, 9.17) is 4.74 Å². The summed E-state index contributed by atoms with van der Waals surface area (Å²) in [6.45, 7) is 2.04. The SMILES string of the molecule is CCOC(=O)Nc1ccc(NC(=O)c2ccccn2)cc1. The second kappa shape index (κ2) is 7.04. The smallest absolute Gasteiger partial charge is 0.411 e. The molecule has 6 heteroatoms. The molecule has 0 unspecified atom stereocenters. The van der Waals surface area contributed by atoms with Gasteiger partial charge in [-0.15, -0.1) is 0 Å². The Morgan fingerprint density at radius 2 is 1.71 bits per heavy atom. The largest absolute Gasteiger partial charge is 0.450 e. The molecule has 1 aromatic carbocycles. The van der Waals surface area contributed by atoms with Crippen molar-refractivity contribution in [2.24, 2.45) is 0 Å². The number of hydrogen-bond acceptors (Lipinski definition) is 4. The Kier molecular flexibility index (Phi) is 4.87. The first-order valence-corrected chi connectivity index (χ1v) is 6.45. The Morgan fingerprint density at radius 1 is 1.05 bits per heavy atom. The van der Waals surface area contributed by atoms with Crippen molar-refractivity contribution in [3.63, 3.8) is 0 Å². The molecular formula is C15H15N3O3. The van der Waals surface area contributed by atoms with E-state index in [1.807, 2.05) is 0 Å². The van der Waals surface area contributed by atoms with E-state index in [0.29, 0.717) is 23.7 Å². The molecule has 0 bridgehead atoms. The summed E-state index contributed by atoms with van der Waals surface area (Å²) in [7, 11) is 0. The second-order valence-electron chi connectivity index (χ2n) is 4.09. The van der Waals surface area contributed by atoms with Crippen LogP contribution in [0, 0.1) is 0 Å². The molecule has 0 spiro atoms. The van der Waals surface area contributed by atoms with Gasteiger partial charge in [0.1, 0.15) is 5.69 Å². The summed E-state index contributed by atoms with van der Waals surface area (Å²) < 4.78 is 4.77. The van der Waals surface area contributed by atoms with Crippen molar-refractivity contribution in [3.05, 3.63) is 54.4 Å². The van der Waals surface area contributed by atoms with Crippen molar-refractivity contribution < 1.29 is 14.3 Å². The van der Waals surface area contributed by atoms with Crippen LogP contribution in [0.15, 0.2) is 48.7 Å². The molecule has 2 N–H and O–H groups in total. The van der Waals surface area contributed by atoms with Crippen LogP contribution in [-0.2, 0) is 4.74 Å². The first-order chi connectivity index (χ1) is 10.2. The number of nitrogens with one attached hydrogen (secondary N) is 2. The fourth-order valence-electron chi connectivity index (χ4n) is 1.61. The maximum atomic E-state index is 11.9. The van der Waals surface area contributed by atoms with Crippen LogP contribution in [0.1, 0.15) is 17.4 Å². The van der Waals surface area contributed by atoms with Crippen molar-refractivity contribution in [2.45, 2.75) is 6.92 Å². The average Bonchev–Trinajstić information content (AvgIpc) is 2.50. The number of ether oxygens (including phenoxy) is 1. The molecule has 0 saturated heterocycles. The number of rotatable bonds is 4. The standard InChI is InChI=1S/C15H15N3O3/c1-2-21-15(20)18-12-8-6-11(7-9-12)17-14(19)13-5-3-4-10-16-13/h3-10H,2H2,1H3,(H,17,19)(H,18,20). The van der Waals surface area contributed by atoms with Crippen LogP contribution >= 0.6 is 0 Å². The summed E-state index contributed by atoms with van der Waals surface area (Å²) in [5, 5.41) is 5.29. The van der Waals surface area contributed by atoms with Crippen molar-refractivity contribution in [3.8, 4) is 0 Å². The molecule has 6 nitrogen and oxygen atoms in total.